The predicted octanol–water partition coefficient (Wildman–Crippen LogP) is 2.06. The minimum Gasteiger partial charge on any atom is -0.496 e. The molecule has 0 atom stereocenters. The number of ether oxygens (including phenoxy) is 1. The second kappa shape index (κ2) is 6.15. The van der Waals surface area contributed by atoms with Gasteiger partial charge < -0.3 is 10.5 Å². The average molecular weight is 306 g/mol. The van der Waals surface area contributed by atoms with Crippen LogP contribution in [0.3, 0.4) is 0 Å². The molecule has 2 aromatic carbocycles. The van der Waals surface area contributed by atoms with E-state index in [1.807, 2.05) is 0 Å². The molecule has 0 amide bonds. The smallest absolute Gasteiger partial charge is 0.241 e. The highest BCUT2D eigenvalue weighted by atomic mass is 32.2. The first-order chi connectivity index (χ1) is 9.94. The van der Waals surface area contributed by atoms with Crippen molar-refractivity contribution in [2.45, 2.75) is 18.4 Å². The van der Waals surface area contributed by atoms with Crippen LogP contribution in [0.5, 0.6) is 5.75 Å². The summed E-state index contributed by atoms with van der Waals surface area (Å²) >= 11 is 0. The third-order valence-electron chi connectivity index (χ3n) is 3.14. The van der Waals surface area contributed by atoms with E-state index in [-0.39, 0.29) is 11.4 Å². The fourth-order valence-electron chi connectivity index (χ4n) is 2.05. The number of aryl methyl sites for hydroxylation is 1. The highest BCUT2D eigenvalue weighted by Crippen LogP contribution is 2.22. The van der Waals surface area contributed by atoms with E-state index in [0.29, 0.717) is 22.6 Å². The van der Waals surface area contributed by atoms with Crippen LogP contribution in [0.2, 0.25) is 0 Å². The molecule has 0 aromatic heterocycles. The maximum absolute atomic E-state index is 12.3. The number of nitrogens with two attached hydrogens (primary N) is 1. The molecule has 112 valence electrons. The van der Waals surface area contributed by atoms with Gasteiger partial charge in [0.1, 0.15) is 5.75 Å². The van der Waals surface area contributed by atoms with E-state index in [1.54, 1.807) is 49.4 Å². The van der Waals surface area contributed by atoms with Gasteiger partial charge in [0.2, 0.25) is 10.0 Å². The monoisotopic (exact) mass is 306 g/mol. The van der Waals surface area contributed by atoms with Gasteiger partial charge in [0.25, 0.3) is 0 Å². The number of nitrogen functional groups attached to an aromatic ring is 1. The number of sulfonamides is 1. The van der Waals surface area contributed by atoms with Crippen molar-refractivity contribution in [3.63, 3.8) is 0 Å². The lowest BCUT2D eigenvalue weighted by atomic mass is 10.2. The molecule has 21 heavy (non-hydrogen) atoms. The number of hydrogen-bond acceptors (Lipinski definition) is 4. The van der Waals surface area contributed by atoms with E-state index < -0.39 is 10.0 Å². The van der Waals surface area contributed by atoms with E-state index >= 15 is 0 Å². The summed E-state index contributed by atoms with van der Waals surface area (Å²) in [5, 5.41) is 0. The Balaban J connectivity index is 2.24. The Labute approximate surface area is 124 Å². The topological polar surface area (TPSA) is 81.4 Å². The second-order valence-corrected chi connectivity index (χ2v) is 6.40. The van der Waals surface area contributed by atoms with Crippen molar-refractivity contribution in [3.8, 4) is 5.75 Å². The Morgan fingerprint density at radius 2 is 1.90 bits per heavy atom. The summed E-state index contributed by atoms with van der Waals surface area (Å²) in [5.41, 5.74) is 7.67. The van der Waals surface area contributed by atoms with Gasteiger partial charge in [-0.25, -0.2) is 13.1 Å². The highest BCUT2D eigenvalue weighted by Gasteiger charge is 2.16. The van der Waals surface area contributed by atoms with Crippen LogP contribution in [-0.4, -0.2) is 15.5 Å². The summed E-state index contributed by atoms with van der Waals surface area (Å²) in [5.74, 6) is 0.594. The molecular weight excluding hydrogens is 288 g/mol. The van der Waals surface area contributed by atoms with E-state index in [2.05, 4.69) is 4.72 Å². The summed E-state index contributed by atoms with van der Waals surface area (Å²) in [7, 11) is -2.04. The summed E-state index contributed by atoms with van der Waals surface area (Å²) < 4.78 is 32.4. The Bertz CT molecular complexity index is 742. The number of rotatable bonds is 5. The quantitative estimate of drug-likeness (QED) is 0.829. The van der Waals surface area contributed by atoms with Crippen LogP contribution >= 0.6 is 0 Å². The van der Waals surface area contributed by atoms with Gasteiger partial charge in [-0.05, 0) is 36.8 Å². The molecule has 0 spiro atoms. The van der Waals surface area contributed by atoms with Gasteiger partial charge in [-0.2, -0.15) is 0 Å². The molecule has 0 bridgehead atoms. The van der Waals surface area contributed by atoms with Crippen molar-refractivity contribution >= 4 is 15.7 Å². The van der Waals surface area contributed by atoms with Crippen molar-refractivity contribution in [2.75, 3.05) is 12.8 Å². The first kappa shape index (κ1) is 15.3. The molecule has 2 aromatic rings. The first-order valence-electron chi connectivity index (χ1n) is 6.42. The summed E-state index contributed by atoms with van der Waals surface area (Å²) in [6.07, 6.45) is 0. The first-order valence-corrected chi connectivity index (χ1v) is 7.90. The molecule has 0 saturated carbocycles. The van der Waals surface area contributed by atoms with Gasteiger partial charge >= 0.3 is 0 Å². The van der Waals surface area contributed by atoms with Crippen LogP contribution in [0.15, 0.2) is 47.4 Å². The van der Waals surface area contributed by atoms with Crippen molar-refractivity contribution in [2.24, 2.45) is 0 Å². The van der Waals surface area contributed by atoms with Crippen molar-refractivity contribution in [1.82, 2.24) is 4.72 Å². The molecular formula is C15H18N2O3S. The number of nitrogens with one attached hydrogen (secondary N) is 1. The maximum atomic E-state index is 12.3. The predicted molar refractivity (Wildman–Crippen MR) is 82.6 cm³/mol. The number of anilines is 1. The lowest BCUT2D eigenvalue weighted by Gasteiger charge is -2.12. The Morgan fingerprint density at radius 1 is 1.19 bits per heavy atom. The minimum atomic E-state index is -3.57. The van der Waals surface area contributed by atoms with Crippen LogP contribution in [-0.2, 0) is 16.6 Å². The average Bonchev–Trinajstić information content (AvgIpc) is 2.45. The van der Waals surface area contributed by atoms with Gasteiger partial charge in [-0.1, -0.05) is 18.2 Å². The fourth-order valence-corrected chi connectivity index (χ4v) is 3.30. The number of hydrogen-bond donors (Lipinski definition) is 2. The molecule has 0 unspecified atom stereocenters. The van der Waals surface area contributed by atoms with Gasteiger partial charge in [0.15, 0.2) is 0 Å². The molecule has 0 heterocycles. The molecule has 0 fully saturated rings. The number of methoxy groups -OCH3 is 1. The van der Waals surface area contributed by atoms with Crippen molar-refractivity contribution in [1.29, 1.82) is 0 Å². The molecule has 2 rings (SSSR count). The zero-order valence-corrected chi connectivity index (χ0v) is 12.8. The molecule has 0 aliphatic rings. The largest absolute Gasteiger partial charge is 0.496 e. The summed E-state index contributed by atoms with van der Waals surface area (Å²) in [4.78, 5) is 0.271. The van der Waals surface area contributed by atoms with E-state index in [0.717, 1.165) is 0 Å². The highest BCUT2D eigenvalue weighted by molar-refractivity contribution is 7.89. The Kier molecular flexibility index (Phi) is 4.50. The molecule has 6 heteroatoms. The molecule has 5 nitrogen and oxygen atoms in total. The third kappa shape index (κ3) is 3.53. The normalized spacial score (nSPS) is 11.3. The van der Waals surface area contributed by atoms with E-state index in [1.165, 1.54) is 7.11 Å². The van der Waals surface area contributed by atoms with Crippen molar-refractivity contribution in [3.05, 3.63) is 53.6 Å². The molecule has 0 radical (unpaired) electrons. The van der Waals surface area contributed by atoms with Crippen LogP contribution in [0.1, 0.15) is 11.1 Å². The molecule has 0 saturated heterocycles. The third-order valence-corrected chi connectivity index (χ3v) is 4.70. The number of benzene rings is 2. The van der Waals surface area contributed by atoms with Gasteiger partial charge in [0.05, 0.1) is 12.0 Å². The van der Waals surface area contributed by atoms with Gasteiger partial charge in [0, 0.05) is 17.8 Å². The second-order valence-electron chi connectivity index (χ2n) is 4.66. The van der Waals surface area contributed by atoms with Crippen LogP contribution in [0.25, 0.3) is 0 Å². The maximum Gasteiger partial charge on any atom is 0.241 e. The Morgan fingerprint density at radius 3 is 2.57 bits per heavy atom. The lowest BCUT2D eigenvalue weighted by molar-refractivity contribution is 0.409. The standard InChI is InChI=1S/C15H18N2O3S/c1-11-5-3-4-6-15(11)21(18,19)17-10-12-9-13(16)7-8-14(12)20-2/h3-9,17H,10,16H2,1-2H3. The SMILES string of the molecule is COc1ccc(N)cc1CNS(=O)(=O)c1ccccc1C. The van der Waals surface area contributed by atoms with Gasteiger partial charge in [-0.3, -0.25) is 0 Å². The zero-order chi connectivity index (χ0) is 15.5. The Hall–Kier alpha value is -2.05. The van der Waals surface area contributed by atoms with Crippen molar-refractivity contribution < 1.29 is 13.2 Å². The molecule has 3 N–H and O–H groups in total. The fraction of sp³-hybridized carbons (Fsp3) is 0.200. The molecule has 0 aliphatic carbocycles. The lowest BCUT2D eigenvalue weighted by Crippen LogP contribution is -2.24. The molecule has 0 aliphatic heterocycles. The van der Waals surface area contributed by atoms with E-state index in [4.69, 9.17) is 10.5 Å². The van der Waals surface area contributed by atoms with Crippen LogP contribution < -0.4 is 15.2 Å². The van der Waals surface area contributed by atoms with Gasteiger partial charge in [-0.15, -0.1) is 0 Å². The van der Waals surface area contributed by atoms with E-state index in [9.17, 15) is 8.42 Å². The van der Waals surface area contributed by atoms with Crippen LogP contribution in [0.4, 0.5) is 5.69 Å². The minimum absolute atomic E-state index is 0.116. The van der Waals surface area contributed by atoms with Crippen LogP contribution in [0, 0.1) is 6.92 Å². The zero-order valence-electron chi connectivity index (χ0n) is 12.0. The summed E-state index contributed by atoms with van der Waals surface area (Å²) in [6, 6.07) is 12.0. The summed E-state index contributed by atoms with van der Waals surface area (Å²) in [6.45, 7) is 1.88.